The number of ketones is 1. The Bertz CT molecular complexity index is 386. The molecule has 0 saturated heterocycles. The lowest BCUT2D eigenvalue weighted by molar-refractivity contribution is -0.112. The van der Waals surface area contributed by atoms with Gasteiger partial charge in [0.05, 0.1) is 0 Å². The van der Waals surface area contributed by atoms with Crippen molar-refractivity contribution in [1.29, 1.82) is 0 Å². The Hall–Kier alpha value is -1.37. The number of carbonyl (C=O) groups excluding carboxylic acids is 1. The zero-order valence-corrected chi connectivity index (χ0v) is 9.22. The molecule has 0 fully saturated rings. The highest BCUT2D eigenvalue weighted by molar-refractivity contribution is 5.95. The first-order valence-electron chi connectivity index (χ1n) is 4.77. The Kier molecular flexibility index (Phi) is 3.23. The summed E-state index contributed by atoms with van der Waals surface area (Å²) in [4.78, 5) is 10.9. The third kappa shape index (κ3) is 2.56. The van der Waals surface area contributed by atoms with Gasteiger partial charge in [-0.05, 0) is 50.5 Å². The summed E-state index contributed by atoms with van der Waals surface area (Å²) in [7, 11) is 0. The molecule has 0 aliphatic heterocycles. The molecule has 0 N–H and O–H groups in total. The molecule has 0 heterocycles. The van der Waals surface area contributed by atoms with Crippen LogP contribution in [0.2, 0.25) is 0 Å². The van der Waals surface area contributed by atoms with E-state index in [4.69, 9.17) is 0 Å². The molecule has 1 nitrogen and oxygen atoms in total. The second kappa shape index (κ2) is 4.23. The van der Waals surface area contributed by atoms with Gasteiger partial charge in [0.25, 0.3) is 0 Å². The maximum Gasteiger partial charge on any atom is 0.152 e. The van der Waals surface area contributed by atoms with E-state index in [1.807, 2.05) is 6.92 Å². The number of hydrogen-bond acceptors (Lipinski definition) is 1. The summed E-state index contributed by atoms with van der Waals surface area (Å²) in [6.45, 7) is 7.67. The van der Waals surface area contributed by atoms with Crippen molar-refractivity contribution in [3.63, 3.8) is 0 Å². The quantitative estimate of drug-likeness (QED) is 0.651. The van der Waals surface area contributed by atoms with E-state index in [1.165, 1.54) is 16.7 Å². The van der Waals surface area contributed by atoms with Gasteiger partial charge in [-0.25, -0.2) is 0 Å². The Morgan fingerprint density at radius 3 is 2.43 bits per heavy atom. The van der Waals surface area contributed by atoms with Crippen LogP contribution in [0.15, 0.2) is 24.3 Å². The monoisotopic (exact) mass is 188 g/mol. The first kappa shape index (κ1) is 10.7. The molecule has 0 bridgehead atoms. The summed E-state index contributed by atoms with van der Waals surface area (Å²) < 4.78 is 0. The van der Waals surface area contributed by atoms with Crippen LogP contribution in [-0.4, -0.2) is 5.78 Å². The lowest BCUT2D eigenvalue weighted by atomic mass is 9.99. The minimum Gasteiger partial charge on any atom is -0.295 e. The molecule has 14 heavy (non-hydrogen) atoms. The summed E-state index contributed by atoms with van der Waals surface area (Å²) in [5.41, 5.74) is 4.64. The first-order chi connectivity index (χ1) is 6.50. The zero-order valence-electron chi connectivity index (χ0n) is 9.22. The molecule has 1 heteroatoms. The van der Waals surface area contributed by atoms with Crippen LogP contribution in [0.4, 0.5) is 0 Å². The number of rotatable bonds is 2. The van der Waals surface area contributed by atoms with Crippen LogP contribution in [0.25, 0.3) is 5.57 Å². The molecular formula is C13H16O. The maximum absolute atomic E-state index is 10.9. The van der Waals surface area contributed by atoms with E-state index in [-0.39, 0.29) is 5.78 Å². The fourth-order valence-corrected chi connectivity index (χ4v) is 1.54. The van der Waals surface area contributed by atoms with E-state index in [0.717, 1.165) is 5.57 Å². The molecule has 0 aliphatic rings. The van der Waals surface area contributed by atoms with Gasteiger partial charge in [0.1, 0.15) is 0 Å². The third-order valence-corrected chi connectivity index (χ3v) is 2.24. The highest BCUT2D eigenvalue weighted by Crippen LogP contribution is 2.19. The van der Waals surface area contributed by atoms with Gasteiger partial charge in [-0.15, -0.1) is 0 Å². The molecule has 0 unspecified atom stereocenters. The molecule has 0 aromatic heterocycles. The second-order valence-corrected chi connectivity index (χ2v) is 3.76. The Morgan fingerprint density at radius 2 is 1.86 bits per heavy atom. The number of allylic oxidation sites excluding steroid dienone is 2. The SMILES string of the molecule is CC(=O)/C=C(\C)c1cc(C)ccc1C. The van der Waals surface area contributed by atoms with Crippen LogP contribution in [0.5, 0.6) is 0 Å². The smallest absolute Gasteiger partial charge is 0.152 e. The van der Waals surface area contributed by atoms with Gasteiger partial charge in [0.2, 0.25) is 0 Å². The van der Waals surface area contributed by atoms with Crippen LogP contribution < -0.4 is 0 Å². The molecule has 1 aromatic rings. The van der Waals surface area contributed by atoms with E-state index in [1.54, 1.807) is 13.0 Å². The molecule has 0 saturated carbocycles. The fraction of sp³-hybridized carbons (Fsp3) is 0.308. The molecule has 1 rings (SSSR count). The van der Waals surface area contributed by atoms with Gasteiger partial charge in [-0.1, -0.05) is 23.8 Å². The van der Waals surface area contributed by atoms with Crippen molar-refractivity contribution in [2.75, 3.05) is 0 Å². The molecule has 0 spiro atoms. The van der Waals surface area contributed by atoms with Gasteiger partial charge in [0.15, 0.2) is 5.78 Å². The van der Waals surface area contributed by atoms with Gasteiger partial charge >= 0.3 is 0 Å². The fourth-order valence-electron chi connectivity index (χ4n) is 1.54. The van der Waals surface area contributed by atoms with Crippen LogP contribution in [0.3, 0.4) is 0 Å². The van der Waals surface area contributed by atoms with Crippen molar-refractivity contribution in [2.45, 2.75) is 27.7 Å². The highest BCUT2D eigenvalue weighted by atomic mass is 16.1. The van der Waals surface area contributed by atoms with Crippen molar-refractivity contribution < 1.29 is 4.79 Å². The third-order valence-electron chi connectivity index (χ3n) is 2.24. The Morgan fingerprint density at radius 1 is 1.21 bits per heavy atom. The van der Waals surface area contributed by atoms with Gasteiger partial charge in [-0.2, -0.15) is 0 Å². The number of carbonyl (C=O) groups is 1. The van der Waals surface area contributed by atoms with Crippen LogP contribution in [0.1, 0.15) is 30.5 Å². The normalized spacial score (nSPS) is 11.6. The van der Waals surface area contributed by atoms with E-state index >= 15 is 0 Å². The molecule has 0 amide bonds. The van der Waals surface area contributed by atoms with Crippen molar-refractivity contribution in [2.24, 2.45) is 0 Å². The minimum absolute atomic E-state index is 0.100. The van der Waals surface area contributed by atoms with Crippen molar-refractivity contribution in [3.05, 3.63) is 41.0 Å². The lowest BCUT2D eigenvalue weighted by Gasteiger charge is -2.06. The molecular weight excluding hydrogens is 172 g/mol. The van der Waals surface area contributed by atoms with Crippen molar-refractivity contribution >= 4 is 11.4 Å². The average Bonchev–Trinajstić information content (AvgIpc) is 2.08. The van der Waals surface area contributed by atoms with Gasteiger partial charge in [0, 0.05) is 0 Å². The van der Waals surface area contributed by atoms with Gasteiger partial charge < -0.3 is 0 Å². The summed E-state index contributed by atoms with van der Waals surface area (Å²) in [5, 5.41) is 0. The van der Waals surface area contributed by atoms with Gasteiger partial charge in [-0.3, -0.25) is 4.79 Å². The minimum atomic E-state index is 0.100. The number of benzene rings is 1. The Labute approximate surface area is 85.5 Å². The number of aryl methyl sites for hydroxylation is 2. The molecule has 74 valence electrons. The summed E-state index contributed by atoms with van der Waals surface area (Å²) >= 11 is 0. The molecule has 0 radical (unpaired) electrons. The van der Waals surface area contributed by atoms with Crippen molar-refractivity contribution in [1.82, 2.24) is 0 Å². The topological polar surface area (TPSA) is 17.1 Å². The van der Waals surface area contributed by atoms with Crippen LogP contribution in [-0.2, 0) is 4.79 Å². The van der Waals surface area contributed by atoms with Crippen LogP contribution >= 0.6 is 0 Å². The van der Waals surface area contributed by atoms with E-state index < -0.39 is 0 Å². The van der Waals surface area contributed by atoms with E-state index in [0.29, 0.717) is 0 Å². The Balaban J connectivity index is 3.18. The summed E-state index contributed by atoms with van der Waals surface area (Å²) in [6.07, 6.45) is 1.68. The number of hydrogen-bond donors (Lipinski definition) is 0. The standard InChI is InChI=1S/C13H16O/c1-9-5-6-10(2)13(7-9)11(3)8-12(4)14/h5-8H,1-4H3/b11-8+. The van der Waals surface area contributed by atoms with E-state index in [2.05, 4.69) is 32.0 Å². The lowest BCUT2D eigenvalue weighted by Crippen LogP contribution is -1.90. The van der Waals surface area contributed by atoms with E-state index in [9.17, 15) is 4.79 Å². The average molecular weight is 188 g/mol. The predicted octanol–water partition coefficient (Wildman–Crippen LogP) is 3.30. The first-order valence-corrected chi connectivity index (χ1v) is 4.77. The molecule has 0 aliphatic carbocycles. The highest BCUT2D eigenvalue weighted by Gasteiger charge is 2.01. The molecule has 0 atom stereocenters. The predicted molar refractivity (Wildman–Crippen MR) is 60.2 cm³/mol. The zero-order chi connectivity index (χ0) is 10.7. The van der Waals surface area contributed by atoms with Crippen molar-refractivity contribution in [3.8, 4) is 0 Å². The molecule has 1 aromatic carbocycles. The van der Waals surface area contributed by atoms with Crippen LogP contribution in [0, 0.1) is 13.8 Å². The largest absolute Gasteiger partial charge is 0.295 e. The maximum atomic E-state index is 10.9. The summed E-state index contributed by atoms with van der Waals surface area (Å²) in [5.74, 6) is 0.100. The second-order valence-electron chi connectivity index (χ2n) is 3.76. The summed E-state index contributed by atoms with van der Waals surface area (Å²) in [6, 6.07) is 6.28.